The molecule has 0 amide bonds. The molecule has 0 radical (unpaired) electrons. The zero-order valence-electron chi connectivity index (χ0n) is 29.1. The predicted octanol–water partition coefficient (Wildman–Crippen LogP) is 8.96. The molecule has 3 aliphatic rings. The number of benzene rings is 2. The molecule has 250 valence electrons. The van der Waals surface area contributed by atoms with Crippen LogP contribution in [0.2, 0.25) is 0 Å². The normalized spacial score (nSPS) is 21.3. The minimum atomic E-state index is -1.18. The number of carbonyl (C=O) groups is 1. The van der Waals surface area contributed by atoms with Crippen molar-refractivity contribution in [2.75, 3.05) is 18.0 Å². The number of hydrogen-bond acceptors (Lipinski definition) is 6. The summed E-state index contributed by atoms with van der Waals surface area (Å²) in [6.45, 7) is 15.9. The molecule has 7 rings (SSSR count). The van der Waals surface area contributed by atoms with Gasteiger partial charge in [0.2, 0.25) is 0 Å². The van der Waals surface area contributed by atoms with Crippen LogP contribution in [0.4, 0.5) is 5.82 Å². The molecule has 0 aliphatic carbocycles. The lowest BCUT2D eigenvalue weighted by Gasteiger charge is -2.41. The third-order valence-electron chi connectivity index (χ3n) is 9.86. The molecule has 8 heteroatoms. The van der Waals surface area contributed by atoms with Gasteiger partial charge in [-0.3, -0.25) is 0 Å². The molecule has 0 spiro atoms. The maximum Gasteiger partial charge on any atom is 0.337 e. The average molecular weight is 639 g/mol. The van der Waals surface area contributed by atoms with Gasteiger partial charge in [0.05, 0.1) is 23.0 Å². The molecular weight excluding hydrogens is 588 g/mol. The van der Waals surface area contributed by atoms with Crippen LogP contribution in [0.25, 0.3) is 28.0 Å². The molecule has 1 fully saturated rings. The van der Waals surface area contributed by atoms with E-state index in [-0.39, 0.29) is 11.5 Å². The molecule has 3 aliphatic heterocycles. The van der Waals surface area contributed by atoms with Crippen molar-refractivity contribution in [3.63, 3.8) is 0 Å². The first-order valence-electron chi connectivity index (χ1n) is 17.2. The fourth-order valence-electron chi connectivity index (χ4n) is 7.22. The Kier molecular flexibility index (Phi) is 9.09. The Labute approximate surface area is 279 Å². The second-order valence-corrected chi connectivity index (χ2v) is 15.1. The molecule has 4 aromatic rings. The Morgan fingerprint density at radius 2 is 1.77 bits per heavy atom. The van der Waals surface area contributed by atoms with Crippen LogP contribution in [0.3, 0.4) is 0 Å². The first-order chi connectivity index (χ1) is 22.3. The Balaban J connectivity index is 1.53. The van der Waals surface area contributed by atoms with Gasteiger partial charge in [0, 0.05) is 36.0 Å². The van der Waals surface area contributed by atoms with Crippen LogP contribution in [-0.2, 0) is 9.53 Å². The van der Waals surface area contributed by atoms with Crippen molar-refractivity contribution in [2.45, 2.75) is 111 Å². The van der Waals surface area contributed by atoms with E-state index in [0.717, 1.165) is 72.7 Å². The Morgan fingerprint density at radius 1 is 1.02 bits per heavy atom. The fourth-order valence-corrected chi connectivity index (χ4v) is 7.22. The maximum atomic E-state index is 12.8. The molecule has 6 bridgehead atoms. The van der Waals surface area contributed by atoms with Crippen molar-refractivity contribution in [3.05, 3.63) is 65.4 Å². The van der Waals surface area contributed by atoms with Gasteiger partial charge in [-0.05, 0) is 103 Å². The van der Waals surface area contributed by atoms with Crippen LogP contribution >= 0.6 is 0 Å². The number of ether oxygens (including phenoxy) is 2. The van der Waals surface area contributed by atoms with E-state index in [1.807, 2.05) is 38.3 Å². The highest BCUT2D eigenvalue weighted by molar-refractivity contribution is 5.80. The standard InChI is InChI=1S/C39H50N4O4/c1-25-15-16-32-30(22-25)28-13-11-14-29(23-28)31-24-33-40-27(3)34(35(37(44)45)47-38(4,5)6)36(43(33)41-31)42-20-18-39(7,19-21-42)17-10-8-9-12-26(2)46-32/h11,13-16,22-24,26,35H,8-10,12,17-21H2,1-7H3,(H,44,45)/t26-,35-/m0/s1. The highest BCUT2D eigenvalue weighted by Gasteiger charge is 2.37. The lowest BCUT2D eigenvalue weighted by atomic mass is 9.76. The molecule has 2 atom stereocenters. The summed E-state index contributed by atoms with van der Waals surface area (Å²) < 4.78 is 14.7. The van der Waals surface area contributed by atoms with Gasteiger partial charge in [0.1, 0.15) is 11.6 Å². The van der Waals surface area contributed by atoms with Gasteiger partial charge in [-0.15, -0.1) is 0 Å². The molecule has 47 heavy (non-hydrogen) atoms. The summed E-state index contributed by atoms with van der Waals surface area (Å²) >= 11 is 0. The number of aromatic nitrogens is 3. The lowest BCUT2D eigenvalue weighted by Crippen LogP contribution is -2.41. The SMILES string of the molecule is Cc1ccc2c(c1)-c1cccc(c1)-c1cc3nc(C)c([C@H](OC(C)(C)C)C(=O)O)c(n3n1)N1CCC(C)(CCCCC[C@H](C)O2)CC1. The van der Waals surface area contributed by atoms with Gasteiger partial charge in [0.25, 0.3) is 0 Å². The van der Waals surface area contributed by atoms with Gasteiger partial charge < -0.3 is 19.5 Å². The van der Waals surface area contributed by atoms with E-state index >= 15 is 0 Å². The summed E-state index contributed by atoms with van der Waals surface area (Å²) in [5, 5.41) is 15.7. The number of nitrogens with zero attached hydrogens (tertiary/aromatic N) is 4. The highest BCUT2D eigenvalue weighted by Crippen LogP contribution is 2.42. The Morgan fingerprint density at radius 3 is 2.49 bits per heavy atom. The number of carboxylic acids is 1. The summed E-state index contributed by atoms with van der Waals surface area (Å²) in [6, 6.07) is 16.8. The van der Waals surface area contributed by atoms with Crippen molar-refractivity contribution in [2.24, 2.45) is 5.41 Å². The van der Waals surface area contributed by atoms with Crippen molar-refractivity contribution >= 4 is 17.4 Å². The lowest BCUT2D eigenvalue weighted by molar-refractivity contribution is -0.160. The number of aryl methyl sites for hydroxylation is 2. The predicted molar refractivity (Wildman–Crippen MR) is 187 cm³/mol. The van der Waals surface area contributed by atoms with E-state index in [0.29, 0.717) is 16.9 Å². The number of fused-ring (bicyclic) bond motifs is 8. The molecule has 8 nitrogen and oxygen atoms in total. The topological polar surface area (TPSA) is 89.2 Å². The van der Waals surface area contributed by atoms with E-state index in [2.05, 4.69) is 68.1 Å². The molecule has 1 N–H and O–H groups in total. The summed E-state index contributed by atoms with van der Waals surface area (Å²) in [5.74, 6) is 0.635. The first kappa shape index (κ1) is 33.0. The van der Waals surface area contributed by atoms with E-state index in [1.54, 1.807) is 0 Å². The smallest absolute Gasteiger partial charge is 0.337 e. The molecule has 0 unspecified atom stereocenters. The van der Waals surface area contributed by atoms with Crippen LogP contribution in [-0.4, -0.2) is 50.5 Å². The van der Waals surface area contributed by atoms with Crippen LogP contribution in [0.5, 0.6) is 5.75 Å². The number of aliphatic carboxylic acids is 1. The highest BCUT2D eigenvalue weighted by atomic mass is 16.5. The third kappa shape index (κ3) is 7.18. The summed E-state index contributed by atoms with van der Waals surface area (Å²) in [4.78, 5) is 20.1. The third-order valence-corrected chi connectivity index (χ3v) is 9.86. The number of anilines is 1. The van der Waals surface area contributed by atoms with Crippen LogP contribution in [0, 0.1) is 19.3 Å². The summed E-state index contributed by atoms with van der Waals surface area (Å²) in [5.41, 5.74) is 6.51. The van der Waals surface area contributed by atoms with Crippen molar-refractivity contribution < 1.29 is 19.4 Å². The number of carboxylic acid groups (broad SMARTS) is 1. The van der Waals surface area contributed by atoms with Crippen molar-refractivity contribution in [1.29, 1.82) is 0 Å². The van der Waals surface area contributed by atoms with E-state index in [1.165, 1.54) is 24.8 Å². The molecule has 1 saturated heterocycles. The molecule has 2 aromatic heterocycles. The quantitative estimate of drug-likeness (QED) is 0.240. The average Bonchev–Trinajstić information content (AvgIpc) is 3.43. The summed E-state index contributed by atoms with van der Waals surface area (Å²) in [6.07, 6.45) is 6.72. The first-order valence-corrected chi connectivity index (χ1v) is 17.2. The molecule has 2 aromatic carbocycles. The second-order valence-electron chi connectivity index (χ2n) is 15.1. The van der Waals surface area contributed by atoms with Crippen molar-refractivity contribution in [1.82, 2.24) is 14.6 Å². The largest absolute Gasteiger partial charge is 0.490 e. The van der Waals surface area contributed by atoms with Gasteiger partial charge in [-0.1, -0.05) is 49.6 Å². The number of piperidine rings is 1. The van der Waals surface area contributed by atoms with Gasteiger partial charge >= 0.3 is 5.97 Å². The molecule has 5 heterocycles. The zero-order chi connectivity index (χ0) is 33.5. The van der Waals surface area contributed by atoms with Gasteiger partial charge in [-0.25, -0.2) is 9.78 Å². The second kappa shape index (κ2) is 12.9. The number of hydrogen-bond donors (Lipinski definition) is 1. The van der Waals surface area contributed by atoms with Crippen molar-refractivity contribution in [3.8, 4) is 28.1 Å². The summed E-state index contributed by atoms with van der Waals surface area (Å²) in [7, 11) is 0. The molecule has 0 saturated carbocycles. The monoisotopic (exact) mass is 638 g/mol. The molecular formula is C39H50N4O4. The van der Waals surface area contributed by atoms with Crippen LogP contribution < -0.4 is 9.64 Å². The zero-order valence-corrected chi connectivity index (χ0v) is 29.1. The van der Waals surface area contributed by atoms with E-state index < -0.39 is 17.7 Å². The minimum Gasteiger partial charge on any atom is -0.490 e. The number of rotatable bonds is 3. The maximum absolute atomic E-state index is 12.8. The van der Waals surface area contributed by atoms with Gasteiger partial charge in [0.15, 0.2) is 11.8 Å². The minimum absolute atomic E-state index is 0.126. The van der Waals surface area contributed by atoms with E-state index in [9.17, 15) is 9.90 Å². The Bertz CT molecular complexity index is 1760. The fraction of sp³-hybridized carbons (Fsp3) is 0.513. The van der Waals surface area contributed by atoms with Gasteiger partial charge in [-0.2, -0.15) is 9.61 Å². The van der Waals surface area contributed by atoms with E-state index in [4.69, 9.17) is 19.6 Å². The van der Waals surface area contributed by atoms with Crippen LogP contribution in [0.1, 0.15) is 102 Å². The Hall–Kier alpha value is -3.91. The van der Waals surface area contributed by atoms with Crippen LogP contribution in [0.15, 0.2) is 48.5 Å².